The number of para-hydroxylation sites is 2. The van der Waals surface area contributed by atoms with Crippen molar-refractivity contribution < 1.29 is 9.47 Å². The number of methoxy groups -OCH3 is 1. The molecule has 0 atom stereocenters. The third kappa shape index (κ3) is 3.43. The van der Waals surface area contributed by atoms with Gasteiger partial charge in [0, 0.05) is 22.8 Å². The molecule has 0 aliphatic carbocycles. The van der Waals surface area contributed by atoms with Crippen molar-refractivity contribution in [2.45, 2.75) is 20.3 Å². The lowest BCUT2D eigenvalue weighted by Crippen LogP contribution is -2.00. The summed E-state index contributed by atoms with van der Waals surface area (Å²) in [7, 11) is 1.66. The lowest BCUT2D eigenvalue weighted by Gasteiger charge is -2.15. The zero-order valence-corrected chi connectivity index (χ0v) is 14.3. The molecule has 0 aliphatic heterocycles. The van der Waals surface area contributed by atoms with E-state index < -0.39 is 0 Å². The second-order valence-corrected chi connectivity index (χ2v) is 5.66. The molecule has 124 valence electrons. The van der Waals surface area contributed by atoms with Crippen molar-refractivity contribution in [2.24, 2.45) is 0 Å². The van der Waals surface area contributed by atoms with Crippen LogP contribution in [0.3, 0.4) is 0 Å². The third-order valence-corrected chi connectivity index (χ3v) is 3.76. The number of fused-ring (bicyclic) bond motifs is 1. The molecule has 1 heterocycles. The van der Waals surface area contributed by atoms with Crippen molar-refractivity contribution in [2.75, 3.05) is 19.0 Å². The summed E-state index contributed by atoms with van der Waals surface area (Å²) < 4.78 is 11.1. The van der Waals surface area contributed by atoms with Crippen LogP contribution >= 0.6 is 0 Å². The first-order valence-electron chi connectivity index (χ1n) is 8.15. The van der Waals surface area contributed by atoms with Crippen molar-refractivity contribution in [3.05, 3.63) is 54.2 Å². The Balaban J connectivity index is 2.01. The summed E-state index contributed by atoms with van der Waals surface area (Å²) in [6.07, 6.45) is 0.978. The molecule has 0 amide bonds. The maximum Gasteiger partial charge on any atom is 0.142 e. The second kappa shape index (κ2) is 7.21. The van der Waals surface area contributed by atoms with Gasteiger partial charge in [-0.3, -0.25) is 4.98 Å². The van der Waals surface area contributed by atoms with Crippen LogP contribution in [0.2, 0.25) is 0 Å². The molecule has 3 rings (SSSR count). The molecule has 0 spiro atoms. The zero-order valence-electron chi connectivity index (χ0n) is 14.3. The Hall–Kier alpha value is -2.75. The summed E-state index contributed by atoms with van der Waals surface area (Å²) in [5.41, 5.74) is 3.82. The van der Waals surface area contributed by atoms with Crippen molar-refractivity contribution in [3.8, 4) is 11.5 Å². The number of nitrogens with zero attached hydrogens (tertiary/aromatic N) is 1. The first kappa shape index (κ1) is 16.1. The SMILES string of the molecule is CCCOc1ccccc1Nc1cc(C)nc2cc(OC)ccc12. The highest BCUT2D eigenvalue weighted by Crippen LogP contribution is 2.32. The molecule has 24 heavy (non-hydrogen) atoms. The van der Waals surface area contributed by atoms with Gasteiger partial charge in [0.1, 0.15) is 11.5 Å². The standard InChI is InChI=1S/C20H22N2O2/c1-4-11-24-20-8-6-5-7-17(20)22-18-12-14(2)21-19-13-15(23-3)9-10-16(18)19/h5-10,12-13H,4,11H2,1-3H3,(H,21,22). The van der Waals surface area contributed by atoms with Crippen molar-refractivity contribution in [1.82, 2.24) is 4.98 Å². The van der Waals surface area contributed by atoms with Gasteiger partial charge in [-0.15, -0.1) is 0 Å². The van der Waals surface area contributed by atoms with Crippen LogP contribution in [-0.2, 0) is 0 Å². The van der Waals surface area contributed by atoms with E-state index in [1.54, 1.807) is 7.11 Å². The van der Waals surface area contributed by atoms with Crippen LogP contribution < -0.4 is 14.8 Å². The molecule has 0 bridgehead atoms. The normalized spacial score (nSPS) is 10.6. The Morgan fingerprint density at radius 3 is 2.67 bits per heavy atom. The van der Waals surface area contributed by atoms with E-state index in [9.17, 15) is 0 Å². The molecule has 2 aromatic carbocycles. The second-order valence-electron chi connectivity index (χ2n) is 5.66. The quantitative estimate of drug-likeness (QED) is 0.687. The Morgan fingerprint density at radius 1 is 1.04 bits per heavy atom. The molecule has 0 radical (unpaired) electrons. The minimum Gasteiger partial charge on any atom is -0.497 e. The fourth-order valence-electron chi connectivity index (χ4n) is 2.62. The predicted octanol–water partition coefficient (Wildman–Crippen LogP) is 5.08. The summed E-state index contributed by atoms with van der Waals surface area (Å²) in [5, 5.41) is 4.54. The molecule has 1 N–H and O–H groups in total. The minimum atomic E-state index is 0.700. The lowest BCUT2D eigenvalue weighted by molar-refractivity contribution is 0.319. The average molecular weight is 322 g/mol. The highest BCUT2D eigenvalue weighted by atomic mass is 16.5. The molecular weight excluding hydrogens is 300 g/mol. The number of hydrogen-bond donors (Lipinski definition) is 1. The number of benzene rings is 2. The van der Waals surface area contributed by atoms with Gasteiger partial charge in [0.05, 0.1) is 24.9 Å². The summed E-state index contributed by atoms with van der Waals surface area (Å²) in [6, 6.07) is 16.0. The smallest absolute Gasteiger partial charge is 0.142 e. The van der Waals surface area contributed by atoms with Crippen LogP contribution in [-0.4, -0.2) is 18.7 Å². The van der Waals surface area contributed by atoms with E-state index in [-0.39, 0.29) is 0 Å². The molecule has 0 fully saturated rings. The molecule has 0 saturated carbocycles. The lowest BCUT2D eigenvalue weighted by atomic mass is 10.1. The fraction of sp³-hybridized carbons (Fsp3) is 0.250. The number of anilines is 2. The topological polar surface area (TPSA) is 43.4 Å². The monoisotopic (exact) mass is 322 g/mol. The van der Waals surface area contributed by atoms with Crippen LogP contribution in [0.15, 0.2) is 48.5 Å². The first-order valence-corrected chi connectivity index (χ1v) is 8.15. The maximum atomic E-state index is 5.84. The van der Waals surface area contributed by atoms with Crippen molar-refractivity contribution in [3.63, 3.8) is 0 Å². The van der Waals surface area contributed by atoms with E-state index in [1.165, 1.54) is 0 Å². The van der Waals surface area contributed by atoms with E-state index in [0.717, 1.165) is 45.9 Å². The van der Waals surface area contributed by atoms with Crippen LogP contribution in [0.4, 0.5) is 11.4 Å². The largest absolute Gasteiger partial charge is 0.497 e. The summed E-state index contributed by atoms with van der Waals surface area (Å²) in [6.45, 7) is 4.79. The van der Waals surface area contributed by atoms with Gasteiger partial charge in [0.2, 0.25) is 0 Å². The predicted molar refractivity (Wildman–Crippen MR) is 98.5 cm³/mol. The van der Waals surface area contributed by atoms with Crippen LogP contribution in [0.25, 0.3) is 10.9 Å². The summed E-state index contributed by atoms with van der Waals surface area (Å²) in [5.74, 6) is 1.66. The van der Waals surface area contributed by atoms with Gasteiger partial charge in [0.25, 0.3) is 0 Å². The van der Waals surface area contributed by atoms with E-state index >= 15 is 0 Å². The van der Waals surface area contributed by atoms with Crippen LogP contribution in [0, 0.1) is 6.92 Å². The number of aryl methyl sites for hydroxylation is 1. The summed E-state index contributed by atoms with van der Waals surface area (Å²) in [4.78, 5) is 4.61. The third-order valence-electron chi connectivity index (χ3n) is 3.76. The summed E-state index contributed by atoms with van der Waals surface area (Å²) >= 11 is 0. The highest BCUT2D eigenvalue weighted by molar-refractivity contribution is 5.94. The Kier molecular flexibility index (Phi) is 4.85. The van der Waals surface area contributed by atoms with E-state index in [2.05, 4.69) is 17.2 Å². The first-order chi connectivity index (χ1) is 11.7. The Morgan fingerprint density at radius 2 is 1.88 bits per heavy atom. The number of ether oxygens (including phenoxy) is 2. The van der Waals surface area contributed by atoms with Gasteiger partial charge in [0.15, 0.2) is 0 Å². The number of pyridine rings is 1. The van der Waals surface area contributed by atoms with Crippen molar-refractivity contribution >= 4 is 22.3 Å². The van der Waals surface area contributed by atoms with Crippen molar-refractivity contribution in [1.29, 1.82) is 0 Å². The maximum absolute atomic E-state index is 5.84. The zero-order chi connectivity index (χ0) is 16.9. The molecule has 1 aromatic heterocycles. The number of nitrogens with one attached hydrogen (secondary N) is 1. The van der Waals surface area contributed by atoms with E-state index in [1.807, 2.05) is 55.5 Å². The molecule has 0 unspecified atom stereocenters. The van der Waals surface area contributed by atoms with E-state index in [0.29, 0.717) is 6.61 Å². The highest BCUT2D eigenvalue weighted by Gasteiger charge is 2.09. The number of aromatic nitrogens is 1. The number of hydrogen-bond acceptors (Lipinski definition) is 4. The molecule has 3 aromatic rings. The molecule has 4 nitrogen and oxygen atoms in total. The minimum absolute atomic E-state index is 0.700. The Bertz CT molecular complexity index is 846. The molecule has 0 aliphatic rings. The van der Waals surface area contributed by atoms with Gasteiger partial charge >= 0.3 is 0 Å². The fourth-order valence-corrected chi connectivity index (χ4v) is 2.62. The molecule has 4 heteroatoms. The van der Waals surface area contributed by atoms with E-state index in [4.69, 9.17) is 9.47 Å². The molecule has 0 saturated heterocycles. The van der Waals surface area contributed by atoms with Gasteiger partial charge in [-0.05, 0) is 43.7 Å². The van der Waals surface area contributed by atoms with Crippen LogP contribution in [0.5, 0.6) is 11.5 Å². The molecular formula is C20H22N2O2. The van der Waals surface area contributed by atoms with Gasteiger partial charge in [-0.25, -0.2) is 0 Å². The van der Waals surface area contributed by atoms with Gasteiger partial charge < -0.3 is 14.8 Å². The van der Waals surface area contributed by atoms with Gasteiger partial charge in [-0.1, -0.05) is 19.1 Å². The average Bonchev–Trinajstić information content (AvgIpc) is 2.60. The Labute approximate surface area is 142 Å². The number of rotatable bonds is 6. The van der Waals surface area contributed by atoms with Crippen LogP contribution in [0.1, 0.15) is 19.0 Å². The van der Waals surface area contributed by atoms with Gasteiger partial charge in [-0.2, -0.15) is 0 Å².